The third-order valence-corrected chi connectivity index (χ3v) is 5.57. The maximum Gasteiger partial charge on any atom is 0.309 e. The molecule has 21 heavy (non-hydrogen) atoms. The van der Waals surface area contributed by atoms with E-state index in [1.807, 2.05) is 6.92 Å². The lowest BCUT2D eigenvalue weighted by Gasteiger charge is -2.39. The summed E-state index contributed by atoms with van der Waals surface area (Å²) in [6, 6.07) is 1.28. The van der Waals surface area contributed by atoms with Crippen molar-refractivity contribution in [1.82, 2.24) is 5.32 Å². The van der Waals surface area contributed by atoms with Gasteiger partial charge in [-0.1, -0.05) is 20.8 Å². The van der Waals surface area contributed by atoms with Gasteiger partial charge in [-0.05, 0) is 63.2 Å². The first kappa shape index (κ1) is 16.8. The largest absolute Gasteiger partial charge is 0.466 e. The van der Waals surface area contributed by atoms with Crippen molar-refractivity contribution in [2.45, 2.75) is 84.7 Å². The zero-order valence-corrected chi connectivity index (χ0v) is 14.3. The van der Waals surface area contributed by atoms with Gasteiger partial charge in [-0.2, -0.15) is 0 Å². The number of esters is 1. The molecular formula is C18H33NO2. The molecule has 0 bridgehead atoms. The van der Waals surface area contributed by atoms with Crippen LogP contribution in [-0.4, -0.2) is 24.7 Å². The lowest BCUT2D eigenvalue weighted by molar-refractivity contribution is -0.151. The maximum absolute atomic E-state index is 11.9. The molecule has 0 aromatic heterocycles. The summed E-state index contributed by atoms with van der Waals surface area (Å²) in [5, 5.41) is 3.87. The molecule has 3 nitrogen and oxygen atoms in total. The Labute approximate surface area is 130 Å². The molecule has 0 aliphatic heterocycles. The molecule has 0 radical (unpaired) electrons. The zero-order valence-electron chi connectivity index (χ0n) is 14.3. The first-order chi connectivity index (χ1) is 9.91. The van der Waals surface area contributed by atoms with E-state index >= 15 is 0 Å². The highest BCUT2D eigenvalue weighted by Gasteiger charge is 2.35. The Bertz CT molecular complexity index is 343. The van der Waals surface area contributed by atoms with Crippen LogP contribution >= 0.6 is 0 Å². The highest BCUT2D eigenvalue weighted by molar-refractivity contribution is 5.72. The number of hydrogen-bond acceptors (Lipinski definition) is 3. The molecule has 0 saturated heterocycles. The Morgan fingerprint density at radius 1 is 1.14 bits per heavy atom. The van der Waals surface area contributed by atoms with Crippen LogP contribution < -0.4 is 5.32 Å². The van der Waals surface area contributed by atoms with Crippen LogP contribution in [0.25, 0.3) is 0 Å². The van der Waals surface area contributed by atoms with Crippen molar-refractivity contribution >= 4 is 5.97 Å². The van der Waals surface area contributed by atoms with Gasteiger partial charge in [-0.3, -0.25) is 4.79 Å². The third kappa shape index (κ3) is 4.70. The van der Waals surface area contributed by atoms with Crippen LogP contribution in [0.2, 0.25) is 0 Å². The van der Waals surface area contributed by atoms with Crippen LogP contribution in [0.5, 0.6) is 0 Å². The molecule has 122 valence electrons. The van der Waals surface area contributed by atoms with E-state index in [2.05, 4.69) is 26.1 Å². The van der Waals surface area contributed by atoms with Gasteiger partial charge in [0.15, 0.2) is 0 Å². The molecule has 3 unspecified atom stereocenters. The molecular weight excluding hydrogens is 262 g/mol. The van der Waals surface area contributed by atoms with Gasteiger partial charge in [-0.25, -0.2) is 0 Å². The molecule has 0 amide bonds. The first-order valence-electron chi connectivity index (χ1n) is 8.84. The van der Waals surface area contributed by atoms with Gasteiger partial charge in [0.1, 0.15) is 0 Å². The highest BCUT2D eigenvalue weighted by Crippen LogP contribution is 2.36. The van der Waals surface area contributed by atoms with E-state index < -0.39 is 0 Å². The van der Waals surface area contributed by atoms with Crippen LogP contribution in [-0.2, 0) is 9.53 Å². The lowest BCUT2D eigenvalue weighted by Crippen LogP contribution is -2.45. The quantitative estimate of drug-likeness (QED) is 0.799. The summed E-state index contributed by atoms with van der Waals surface area (Å²) in [6.45, 7) is 9.37. The minimum atomic E-state index is 0.0165. The van der Waals surface area contributed by atoms with Gasteiger partial charge in [-0.15, -0.1) is 0 Å². The van der Waals surface area contributed by atoms with Crippen LogP contribution in [0.15, 0.2) is 0 Å². The molecule has 0 aromatic carbocycles. The van der Waals surface area contributed by atoms with E-state index in [-0.39, 0.29) is 11.9 Å². The van der Waals surface area contributed by atoms with Crippen molar-refractivity contribution in [2.75, 3.05) is 6.61 Å². The molecule has 2 saturated carbocycles. The molecule has 3 heteroatoms. The van der Waals surface area contributed by atoms with Crippen LogP contribution in [0.1, 0.15) is 72.6 Å². The fourth-order valence-electron chi connectivity index (χ4n) is 4.05. The van der Waals surface area contributed by atoms with Gasteiger partial charge in [0.25, 0.3) is 0 Å². The van der Waals surface area contributed by atoms with Gasteiger partial charge in [0.05, 0.1) is 12.5 Å². The lowest BCUT2D eigenvalue weighted by atomic mass is 9.74. The van der Waals surface area contributed by atoms with Crippen molar-refractivity contribution in [2.24, 2.45) is 17.3 Å². The number of nitrogens with one attached hydrogen (secondary N) is 1. The smallest absolute Gasteiger partial charge is 0.309 e. The minimum absolute atomic E-state index is 0.0165. The van der Waals surface area contributed by atoms with Gasteiger partial charge in [0, 0.05) is 12.1 Å². The van der Waals surface area contributed by atoms with Crippen molar-refractivity contribution in [1.29, 1.82) is 0 Å². The molecule has 2 aliphatic rings. The molecule has 1 N–H and O–H groups in total. The average molecular weight is 295 g/mol. The predicted molar refractivity (Wildman–Crippen MR) is 86.1 cm³/mol. The maximum atomic E-state index is 11.9. The van der Waals surface area contributed by atoms with Crippen LogP contribution in [0, 0.1) is 17.3 Å². The highest BCUT2D eigenvalue weighted by atomic mass is 16.5. The van der Waals surface area contributed by atoms with Crippen molar-refractivity contribution in [3.63, 3.8) is 0 Å². The number of hydrogen-bond donors (Lipinski definition) is 1. The zero-order chi connectivity index (χ0) is 15.5. The number of rotatable bonds is 4. The summed E-state index contributed by atoms with van der Waals surface area (Å²) in [5.41, 5.74) is 0.535. The molecule has 0 heterocycles. The van der Waals surface area contributed by atoms with E-state index in [1.54, 1.807) is 0 Å². The van der Waals surface area contributed by atoms with Crippen molar-refractivity contribution < 1.29 is 9.53 Å². The molecule has 3 atom stereocenters. The second-order valence-electron chi connectivity index (χ2n) is 7.95. The van der Waals surface area contributed by atoms with E-state index in [9.17, 15) is 4.79 Å². The van der Waals surface area contributed by atoms with Crippen molar-refractivity contribution in [3.05, 3.63) is 0 Å². The fourth-order valence-corrected chi connectivity index (χ4v) is 4.05. The number of carbonyl (C=O) groups excluding carboxylic acids is 1. The predicted octanol–water partition coefficient (Wildman–Crippen LogP) is 3.91. The summed E-state index contributed by atoms with van der Waals surface area (Å²) in [5.74, 6) is 0.575. The van der Waals surface area contributed by atoms with E-state index in [0.717, 1.165) is 19.3 Å². The Kier molecular flexibility index (Phi) is 5.70. The molecule has 0 aromatic rings. The standard InChI is InChI=1S/C18H33NO2/c1-5-21-17(20)16-7-6-15(12-13(16)2)19-14-8-10-18(3,4)11-9-14/h13-16,19H,5-12H2,1-4H3. The normalized spacial score (nSPS) is 33.6. The minimum Gasteiger partial charge on any atom is -0.466 e. The molecule has 2 aliphatic carbocycles. The van der Waals surface area contributed by atoms with E-state index in [1.165, 1.54) is 25.7 Å². The average Bonchev–Trinajstić information content (AvgIpc) is 2.41. The fraction of sp³-hybridized carbons (Fsp3) is 0.944. The molecule has 2 rings (SSSR count). The summed E-state index contributed by atoms with van der Waals surface area (Å²) < 4.78 is 5.20. The summed E-state index contributed by atoms with van der Waals surface area (Å²) in [6.07, 6.45) is 8.49. The second kappa shape index (κ2) is 7.13. The summed E-state index contributed by atoms with van der Waals surface area (Å²) >= 11 is 0. The third-order valence-electron chi connectivity index (χ3n) is 5.57. The Morgan fingerprint density at radius 2 is 1.81 bits per heavy atom. The number of ether oxygens (including phenoxy) is 1. The Morgan fingerprint density at radius 3 is 2.38 bits per heavy atom. The topological polar surface area (TPSA) is 38.3 Å². The van der Waals surface area contributed by atoms with Gasteiger partial charge >= 0.3 is 5.97 Å². The van der Waals surface area contributed by atoms with E-state index in [0.29, 0.717) is 30.0 Å². The van der Waals surface area contributed by atoms with Gasteiger partial charge in [0.2, 0.25) is 0 Å². The SMILES string of the molecule is CCOC(=O)C1CCC(NC2CCC(C)(C)CC2)CC1C. The van der Waals surface area contributed by atoms with Crippen LogP contribution in [0.3, 0.4) is 0 Å². The number of carbonyl (C=O) groups is 1. The Balaban J connectivity index is 1.76. The Hall–Kier alpha value is -0.570. The molecule has 0 spiro atoms. The summed E-state index contributed by atoms with van der Waals surface area (Å²) in [7, 11) is 0. The van der Waals surface area contributed by atoms with Crippen molar-refractivity contribution in [3.8, 4) is 0 Å². The monoisotopic (exact) mass is 295 g/mol. The van der Waals surface area contributed by atoms with Gasteiger partial charge < -0.3 is 10.1 Å². The second-order valence-corrected chi connectivity index (χ2v) is 7.95. The van der Waals surface area contributed by atoms with Crippen LogP contribution in [0.4, 0.5) is 0 Å². The first-order valence-corrected chi connectivity index (χ1v) is 8.84. The molecule has 2 fully saturated rings. The summed E-state index contributed by atoms with van der Waals surface area (Å²) in [4.78, 5) is 11.9. The van der Waals surface area contributed by atoms with E-state index in [4.69, 9.17) is 4.74 Å².